The number of hydrogen-bond acceptors (Lipinski definition) is 4. The fourth-order valence-electron chi connectivity index (χ4n) is 4.49. The van der Waals surface area contributed by atoms with Crippen molar-refractivity contribution < 1.29 is 18.6 Å². The Morgan fingerprint density at radius 3 is 2.40 bits per heavy atom. The van der Waals surface area contributed by atoms with E-state index in [2.05, 4.69) is 15.9 Å². The fourth-order valence-corrected chi connectivity index (χ4v) is 4.87. The van der Waals surface area contributed by atoms with Crippen LogP contribution in [0.15, 0.2) is 77.3 Å². The van der Waals surface area contributed by atoms with Gasteiger partial charge in [-0.3, -0.25) is 0 Å². The monoisotopic (exact) mass is 540 g/mol. The lowest BCUT2D eigenvalue weighted by Crippen LogP contribution is -2.38. The number of ether oxygens (including phenoxy) is 1. The van der Waals surface area contributed by atoms with Crippen LogP contribution in [0.4, 0.5) is 8.78 Å². The van der Waals surface area contributed by atoms with E-state index in [1.165, 1.54) is 13.2 Å². The van der Waals surface area contributed by atoms with E-state index in [9.17, 15) is 13.9 Å². The number of rotatable bonds is 8. The van der Waals surface area contributed by atoms with Gasteiger partial charge in [-0.15, -0.1) is 0 Å². The summed E-state index contributed by atoms with van der Waals surface area (Å²) in [6.07, 6.45) is 0.254. The summed E-state index contributed by atoms with van der Waals surface area (Å²) in [5.41, 5.74) is 0.867. The molecule has 3 aromatic carbocycles. The summed E-state index contributed by atoms with van der Waals surface area (Å²) in [6.45, 7) is 0.508. The molecule has 1 aromatic heterocycles. The van der Waals surface area contributed by atoms with Gasteiger partial charge in [-0.2, -0.15) is 0 Å². The Labute approximate surface area is 212 Å². The van der Waals surface area contributed by atoms with Crippen LogP contribution in [0.3, 0.4) is 0 Å². The Balaban J connectivity index is 2.03. The van der Waals surface area contributed by atoms with Crippen LogP contribution in [0.2, 0.25) is 0 Å². The average Bonchev–Trinajstić information content (AvgIpc) is 2.84. The first-order valence-electron chi connectivity index (χ1n) is 11.2. The standard InChI is InChI=1S/C28H27BrF2N2O2/c1-33(2)14-13-28(34,20-9-11-23(30)24(31)17-20)26(18-7-5-4-6-8-18)22-16-19-15-21(29)10-12-25(19)32-27(22)35-3/h4-12,15-17,26,34H,13-14H2,1-3H3. The van der Waals surface area contributed by atoms with Crippen molar-refractivity contribution in [2.45, 2.75) is 17.9 Å². The maximum atomic E-state index is 14.4. The highest BCUT2D eigenvalue weighted by Gasteiger charge is 2.42. The predicted molar refractivity (Wildman–Crippen MR) is 138 cm³/mol. The van der Waals surface area contributed by atoms with E-state index in [1.807, 2.05) is 73.6 Å². The predicted octanol–water partition coefficient (Wildman–Crippen LogP) is 6.26. The average molecular weight is 541 g/mol. The highest BCUT2D eigenvalue weighted by Crippen LogP contribution is 2.47. The first kappa shape index (κ1) is 25.2. The SMILES string of the molecule is COc1nc2ccc(Br)cc2cc1C(c1ccccc1)C(O)(CCN(C)C)c1ccc(F)c(F)c1. The van der Waals surface area contributed by atoms with Gasteiger partial charge in [0, 0.05) is 27.9 Å². The van der Waals surface area contributed by atoms with Crippen molar-refractivity contribution in [3.63, 3.8) is 0 Å². The lowest BCUT2D eigenvalue weighted by atomic mass is 9.71. The van der Waals surface area contributed by atoms with Gasteiger partial charge in [-0.25, -0.2) is 13.8 Å². The summed E-state index contributed by atoms with van der Waals surface area (Å²) in [6, 6.07) is 20.8. The van der Waals surface area contributed by atoms with E-state index in [4.69, 9.17) is 9.72 Å². The molecular formula is C28H27BrF2N2O2. The van der Waals surface area contributed by atoms with Gasteiger partial charge in [-0.05, 0) is 68.0 Å². The van der Waals surface area contributed by atoms with Crippen LogP contribution in [0.1, 0.15) is 29.0 Å². The van der Waals surface area contributed by atoms with Crippen molar-refractivity contribution in [1.82, 2.24) is 9.88 Å². The highest BCUT2D eigenvalue weighted by molar-refractivity contribution is 9.10. The van der Waals surface area contributed by atoms with Gasteiger partial charge in [-0.1, -0.05) is 52.3 Å². The van der Waals surface area contributed by atoms with Crippen molar-refractivity contribution in [2.75, 3.05) is 27.7 Å². The maximum absolute atomic E-state index is 14.4. The van der Waals surface area contributed by atoms with E-state index in [1.54, 1.807) is 0 Å². The van der Waals surface area contributed by atoms with Gasteiger partial charge in [0.25, 0.3) is 0 Å². The van der Waals surface area contributed by atoms with Crippen LogP contribution >= 0.6 is 15.9 Å². The summed E-state index contributed by atoms with van der Waals surface area (Å²) < 4.78 is 34.9. The molecule has 0 aliphatic rings. The minimum atomic E-state index is -1.60. The maximum Gasteiger partial charge on any atom is 0.217 e. The summed E-state index contributed by atoms with van der Waals surface area (Å²) in [5, 5.41) is 13.3. The molecule has 0 saturated carbocycles. The molecule has 2 unspecified atom stereocenters. The highest BCUT2D eigenvalue weighted by atomic mass is 79.9. The molecule has 0 aliphatic heterocycles. The van der Waals surface area contributed by atoms with E-state index in [0.717, 1.165) is 33.1 Å². The molecule has 0 fully saturated rings. The van der Waals surface area contributed by atoms with E-state index in [-0.39, 0.29) is 12.0 Å². The largest absolute Gasteiger partial charge is 0.481 e. The molecule has 1 heterocycles. The Hall–Kier alpha value is -2.87. The third-order valence-corrected chi connectivity index (χ3v) is 6.74. The molecule has 0 spiro atoms. The number of hydrogen-bond donors (Lipinski definition) is 1. The molecule has 4 nitrogen and oxygen atoms in total. The Kier molecular flexibility index (Phi) is 7.50. The van der Waals surface area contributed by atoms with Crippen LogP contribution in [-0.2, 0) is 5.60 Å². The molecule has 35 heavy (non-hydrogen) atoms. The zero-order valence-electron chi connectivity index (χ0n) is 19.8. The molecule has 0 amide bonds. The number of aliphatic hydroxyl groups is 1. The smallest absolute Gasteiger partial charge is 0.217 e. The minimum Gasteiger partial charge on any atom is -0.481 e. The lowest BCUT2D eigenvalue weighted by molar-refractivity contribution is 0.00345. The normalized spacial score (nSPS) is 14.2. The first-order chi connectivity index (χ1) is 16.7. The molecule has 1 N–H and O–H groups in total. The zero-order chi connectivity index (χ0) is 25.2. The van der Waals surface area contributed by atoms with E-state index >= 15 is 0 Å². The summed E-state index contributed by atoms with van der Waals surface area (Å²) in [4.78, 5) is 6.66. The van der Waals surface area contributed by atoms with Gasteiger partial charge < -0.3 is 14.7 Å². The molecule has 182 valence electrons. The molecule has 2 atom stereocenters. The van der Waals surface area contributed by atoms with Crippen LogP contribution in [0.5, 0.6) is 5.88 Å². The Bertz CT molecular complexity index is 1330. The second kappa shape index (κ2) is 10.4. The van der Waals surface area contributed by atoms with Crippen molar-refractivity contribution in [3.8, 4) is 5.88 Å². The lowest BCUT2D eigenvalue weighted by Gasteiger charge is -2.39. The summed E-state index contributed by atoms with van der Waals surface area (Å²) in [5.74, 6) is -2.29. The number of nitrogens with zero attached hydrogens (tertiary/aromatic N) is 2. The Morgan fingerprint density at radius 1 is 1.00 bits per heavy atom. The van der Waals surface area contributed by atoms with Crippen molar-refractivity contribution in [3.05, 3.63) is 106 Å². The van der Waals surface area contributed by atoms with Gasteiger partial charge in [0.15, 0.2) is 11.6 Å². The van der Waals surface area contributed by atoms with Gasteiger partial charge >= 0.3 is 0 Å². The number of methoxy groups -OCH3 is 1. The molecule has 0 radical (unpaired) electrons. The van der Waals surface area contributed by atoms with E-state index in [0.29, 0.717) is 18.0 Å². The molecular weight excluding hydrogens is 514 g/mol. The molecule has 0 saturated heterocycles. The first-order valence-corrected chi connectivity index (χ1v) is 12.0. The number of pyridine rings is 1. The van der Waals surface area contributed by atoms with Gasteiger partial charge in [0.2, 0.25) is 5.88 Å². The van der Waals surface area contributed by atoms with Gasteiger partial charge in [0.05, 0.1) is 12.6 Å². The second-order valence-electron chi connectivity index (χ2n) is 8.87. The third-order valence-electron chi connectivity index (χ3n) is 6.24. The topological polar surface area (TPSA) is 45.6 Å². The van der Waals surface area contributed by atoms with Crippen molar-refractivity contribution in [1.29, 1.82) is 0 Å². The molecule has 0 bridgehead atoms. The van der Waals surface area contributed by atoms with Crippen LogP contribution in [-0.4, -0.2) is 42.7 Å². The van der Waals surface area contributed by atoms with Crippen LogP contribution in [0, 0.1) is 11.6 Å². The van der Waals surface area contributed by atoms with Crippen LogP contribution < -0.4 is 4.74 Å². The minimum absolute atomic E-state index is 0.254. The molecule has 7 heteroatoms. The fraction of sp³-hybridized carbons (Fsp3) is 0.250. The number of benzene rings is 3. The third kappa shape index (κ3) is 5.22. The zero-order valence-corrected chi connectivity index (χ0v) is 21.4. The Morgan fingerprint density at radius 2 is 1.74 bits per heavy atom. The quantitative estimate of drug-likeness (QED) is 0.286. The van der Waals surface area contributed by atoms with Crippen molar-refractivity contribution >= 4 is 26.8 Å². The molecule has 4 aromatic rings. The van der Waals surface area contributed by atoms with Crippen molar-refractivity contribution in [2.24, 2.45) is 0 Å². The second-order valence-corrected chi connectivity index (χ2v) is 9.79. The number of fused-ring (bicyclic) bond motifs is 1. The summed E-state index contributed by atoms with van der Waals surface area (Å²) >= 11 is 3.52. The molecule has 0 aliphatic carbocycles. The van der Waals surface area contributed by atoms with Crippen LogP contribution in [0.25, 0.3) is 10.9 Å². The summed E-state index contributed by atoms with van der Waals surface area (Å²) in [7, 11) is 5.34. The van der Waals surface area contributed by atoms with E-state index < -0.39 is 23.2 Å². The van der Waals surface area contributed by atoms with Gasteiger partial charge in [0.1, 0.15) is 5.60 Å². The number of halogens is 3. The molecule has 4 rings (SSSR count). The number of aromatic nitrogens is 1.